The molecule has 1 saturated heterocycles. The highest BCUT2D eigenvalue weighted by molar-refractivity contribution is 6.30. The zero-order valence-electron chi connectivity index (χ0n) is 16.9. The van der Waals surface area contributed by atoms with Gasteiger partial charge in [0.25, 0.3) is 5.91 Å². The van der Waals surface area contributed by atoms with E-state index in [0.29, 0.717) is 23.7 Å². The number of rotatable bonds is 3. The van der Waals surface area contributed by atoms with Crippen molar-refractivity contribution in [3.05, 3.63) is 58.2 Å². The lowest BCUT2D eigenvalue weighted by Crippen LogP contribution is -2.38. The number of carbonyl (C=O) groups is 2. The summed E-state index contributed by atoms with van der Waals surface area (Å²) in [4.78, 5) is 32.7. The highest BCUT2D eigenvalue weighted by Gasteiger charge is 2.36. The molecule has 152 valence electrons. The fourth-order valence-corrected chi connectivity index (χ4v) is 4.44. The van der Waals surface area contributed by atoms with E-state index in [-0.39, 0.29) is 23.4 Å². The van der Waals surface area contributed by atoms with Crippen molar-refractivity contribution in [3.8, 4) is 0 Å². The van der Waals surface area contributed by atoms with Crippen LogP contribution in [0.1, 0.15) is 41.8 Å². The number of amides is 2. The molecule has 29 heavy (non-hydrogen) atoms. The van der Waals surface area contributed by atoms with Crippen molar-refractivity contribution < 1.29 is 9.59 Å². The summed E-state index contributed by atoms with van der Waals surface area (Å²) in [5, 5.41) is 4.18. The first-order valence-corrected chi connectivity index (χ1v) is 10.2. The maximum atomic E-state index is 13.0. The highest BCUT2D eigenvalue weighted by atomic mass is 35.5. The number of benzene rings is 1. The lowest BCUT2D eigenvalue weighted by Gasteiger charge is -2.25. The van der Waals surface area contributed by atoms with Crippen LogP contribution in [0.15, 0.2) is 36.5 Å². The molecule has 0 bridgehead atoms. The van der Waals surface area contributed by atoms with Crippen LogP contribution in [0.3, 0.4) is 0 Å². The Morgan fingerprint density at radius 1 is 1.34 bits per heavy atom. The van der Waals surface area contributed by atoms with Crippen molar-refractivity contribution in [2.45, 2.75) is 38.3 Å². The third kappa shape index (κ3) is 3.69. The van der Waals surface area contributed by atoms with Crippen molar-refractivity contribution in [1.29, 1.82) is 0 Å². The average Bonchev–Trinajstić information content (AvgIpc) is 3.31. The first kappa shape index (κ1) is 19.7. The zero-order chi connectivity index (χ0) is 20.8. The van der Waals surface area contributed by atoms with Crippen molar-refractivity contribution >= 4 is 29.2 Å². The van der Waals surface area contributed by atoms with Crippen LogP contribution in [-0.4, -0.2) is 52.8 Å². The van der Waals surface area contributed by atoms with Crippen LogP contribution in [0.4, 0.5) is 5.82 Å². The normalized spacial score (nSPS) is 22.9. The van der Waals surface area contributed by atoms with Gasteiger partial charge in [-0.05, 0) is 42.7 Å². The molecule has 0 spiro atoms. The van der Waals surface area contributed by atoms with Gasteiger partial charge in [-0.1, -0.05) is 23.7 Å². The smallest absolute Gasteiger partial charge is 0.255 e. The fourth-order valence-electron chi connectivity index (χ4n) is 4.25. The minimum Gasteiger partial charge on any atom is -0.360 e. The lowest BCUT2D eigenvalue weighted by atomic mass is 9.89. The van der Waals surface area contributed by atoms with Crippen molar-refractivity contribution in [1.82, 2.24) is 14.8 Å². The Morgan fingerprint density at radius 3 is 2.86 bits per heavy atom. The van der Waals surface area contributed by atoms with Crippen LogP contribution >= 0.6 is 11.6 Å². The van der Waals surface area contributed by atoms with Crippen LogP contribution in [0, 0.1) is 0 Å². The SMILES string of the molecule is CC(=O)N(C)[C@H]1CCN(C(=O)c2cnc3c(c2)C[C@](C)(c2cccc(Cl)c2)N3)C1. The lowest BCUT2D eigenvalue weighted by molar-refractivity contribution is -0.129. The first-order valence-electron chi connectivity index (χ1n) is 9.83. The molecule has 1 N–H and O–H groups in total. The number of hydrogen-bond acceptors (Lipinski definition) is 4. The number of nitrogens with one attached hydrogen (secondary N) is 1. The molecule has 2 aliphatic heterocycles. The molecule has 0 unspecified atom stereocenters. The molecule has 2 atom stereocenters. The monoisotopic (exact) mass is 412 g/mol. The van der Waals surface area contributed by atoms with E-state index in [1.54, 1.807) is 25.1 Å². The van der Waals surface area contributed by atoms with Gasteiger partial charge in [0, 0.05) is 44.7 Å². The van der Waals surface area contributed by atoms with E-state index in [1.165, 1.54) is 0 Å². The summed E-state index contributed by atoms with van der Waals surface area (Å²) in [6.07, 6.45) is 3.17. The van der Waals surface area contributed by atoms with Crippen molar-refractivity contribution in [3.63, 3.8) is 0 Å². The standard InChI is InChI=1S/C22H25ClN4O2/c1-14(28)26(3)19-7-8-27(13-19)21(29)16-9-15-11-22(2,25-20(15)24-12-16)17-5-4-6-18(23)10-17/h4-6,9-10,12,19H,7-8,11,13H2,1-3H3,(H,24,25)/t19-,22+/m0/s1. The molecule has 0 radical (unpaired) electrons. The van der Waals surface area contributed by atoms with E-state index in [9.17, 15) is 9.59 Å². The minimum absolute atomic E-state index is 0.0230. The third-order valence-corrected chi connectivity index (χ3v) is 6.34. The Bertz CT molecular complexity index is 979. The number of nitrogens with zero attached hydrogens (tertiary/aromatic N) is 3. The number of likely N-dealkylation sites (N-methyl/N-ethyl adjacent to an activating group) is 1. The molecular weight excluding hydrogens is 388 g/mol. The Kier molecular flexibility index (Phi) is 4.99. The molecule has 0 aliphatic carbocycles. The predicted molar refractivity (Wildman–Crippen MR) is 113 cm³/mol. The van der Waals surface area contributed by atoms with E-state index >= 15 is 0 Å². The zero-order valence-corrected chi connectivity index (χ0v) is 17.7. The molecule has 1 aromatic carbocycles. The first-order chi connectivity index (χ1) is 13.8. The van der Waals surface area contributed by atoms with E-state index in [1.807, 2.05) is 35.2 Å². The average molecular weight is 413 g/mol. The van der Waals surface area contributed by atoms with E-state index in [0.717, 1.165) is 29.8 Å². The number of hydrogen-bond donors (Lipinski definition) is 1. The highest BCUT2D eigenvalue weighted by Crippen LogP contribution is 2.39. The second kappa shape index (κ2) is 7.34. The van der Waals surface area contributed by atoms with Gasteiger partial charge in [-0.25, -0.2) is 4.98 Å². The molecule has 2 amide bonds. The summed E-state index contributed by atoms with van der Waals surface area (Å²) in [6, 6.07) is 9.83. The summed E-state index contributed by atoms with van der Waals surface area (Å²) in [6.45, 7) is 4.88. The van der Waals surface area contributed by atoms with Gasteiger partial charge in [-0.3, -0.25) is 9.59 Å². The summed E-state index contributed by atoms with van der Waals surface area (Å²) < 4.78 is 0. The van der Waals surface area contributed by atoms with E-state index in [4.69, 9.17) is 11.6 Å². The largest absolute Gasteiger partial charge is 0.360 e. The van der Waals surface area contributed by atoms with Crippen LogP contribution in [0.2, 0.25) is 5.02 Å². The molecule has 6 nitrogen and oxygen atoms in total. The third-order valence-electron chi connectivity index (χ3n) is 6.11. The number of aromatic nitrogens is 1. The van der Waals surface area contributed by atoms with Crippen LogP contribution < -0.4 is 5.32 Å². The number of likely N-dealkylation sites (tertiary alicyclic amines) is 1. The molecule has 7 heteroatoms. The molecule has 1 aromatic heterocycles. The van der Waals surface area contributed by atoms with Gasteiger partial charge >= 0.3 is 0 Å². The molecule has 4 rings (SSSR count). The fraction of sp³-hybridized carbons (Fsp3) is 0.409. The predicted octanol–water partition coefficient (Wildman–Crippen LogP) is 3.31. The Hall–Kier alpha value is -2.60. The molecule has 3 heterocycles. The molecule has 2 aliphatic rings. The maximum Gasteiger partial charge on any atom is 0.255 e. The van der Waals surface area contributed by atoms with Gasteiger partial charge in [-0.2, -0.15) is 0 Å². The number of anilines is 1. The molecular formula is C22H25ClN4O2. The van der Waals surface area contributed by atoms with Gasteiger partial charge in [0.2, 0.25) is 5.91 Å². The Labute approximate surface area is 175 Å². The van der Waals surface area contributed by atoms with Crippen molar-refractivity contribution in [2.24, 2.45) is 0 Å². The minimum atomic E-state index is -0.315. The quantitative estimate of drug-likeness (QED) is 0.839. The van der Waals surface area contributed by atoms with Gasteiger partial charge < -0.3 is 15.1 Å². The van der Waals surface area contributed by atoms with Gasteiger partial charge in [0.1, 0.15) is 5.82 Å². The van der Waals surface area contributed by atoms with E-state index < -0.39 is 0 Å². The van der Waals surface area contributed by atoms with Crippen LogP contribution in [0.5, 0.6) is 0 Å². The van der Waals surface area contributed by atoms with Crippen LogP contribution in [0.25, 0.3) is 0 Å². The Morgan fingerprint density at radius 2 is 2.14 bits per heavy atom. The molecule has 1 fully saturated rings. The molecule has 0 saturated carbocycles. The maximum absolute atomic E-state index is 13.0. The summed E-state index contributed by atoms with van der Waals surface area (Å²) in [5.41, 5.74) is 2.39. The molecule has 2 aromatic rings. The van der Waals surface area contributed by atoms with Gasteiger partial charge in [0.15, 0.2) is 0 Å². The number of pyridine rings is 1. The van der Waals surface area contributed by atoms with Crippen LogP contribution in [-0.2, 0) is 16.8 Å². The van der Waals surface area contributed by atoms with Crippen molar-refractivity contribution in [2.75, 3.05) is 25.5 Å². The second-order valence-corrected chi connectivity index (χ2v) is 8.64. The van der Waals surface area contributed by atoms with Gasteiger partial charge in [-0.15, -0.1) is 0 Å². The number of fused-ring (bicyclic) bond motifs is 1. The summed E-state index contributed by atoms with van der Waals surface area (Å²) >= 11 is 6.17. The summed E-state index contributed by atoms with van der Waals surface area (Å²) in [7, 11) is 1.79. The second-order valence-electron chi connectivity index (χ2n) is 8.20. The Balaban J connectivity index is 1.51. The van der Waals surface area contributed by atoms with Gasteiger partial charge in [0.05, 0.1) is 17.1 Å². The topological polar surface area (TPSA) is 65.5 Å². The number of halogens is 1. The summed E-state index contributed by atoms with van der Waals surface area (Å²) in [5.74, 6) is 0.797. The van der Waals surface area contributed by atoms with E-state index in [2.05, 4.69) is 17.2 Å². The number of carbonyl (C=O) groups excluding carboxylic acids is 2.